The zero-order valence-corrected chi connectivity index (χ0v) is 19.6. The maximum atomic E-state index is 12.5. The van der Waals surface area contributed by atoms with Gasteiger partial charge in [0.05, 0.1) is 10.6 Å². The smallest absolute Gasteiger partial charge is 0.264 e. The number of allylic oxidation sites excluding steroid dienone is 1. The first kappa shape index (κ1) is 24.1. The lowest BCUT2D eigenvalue weighted by molar-refractivity contribution is -0.113. The van der Waals surface area contributed by atoms with Gasteiger partial charge in [-0.2, -0.15) is 0 Å². The van der Waals surface area contributed by atoms with Crippen molar-refractivity contribution in [1.29, 1.82) is 0 Å². The van der Waals surface area contributed by atoms with Gasteiger partial charge in [-0.15, -0.1) is 6.58 Å². The molecule has 1 amide bonds. The molecule has 0 spiro atoms. The van der Waals surface area contributed by atoms with E-state index in [2.05, 4.69) is 36.6 Å². The normalized spacial score (nSPS) is 11.1. The van der Waals surface area contributed by atoms with Crippen LogP contribution in [-0.4, -0.2) is 40.0 Å². The monoisotopic (exact) mass is 486 g/mol. The topological polar surface area (TPSA) is 147 Å². The van der Waals surface area contributed by atoms with Crippen LogP contribution in [0, 0.1) is 13.8 Å². The summed E-state index contributed by atoms with van der Waals surface area (Å²) < 4.78 is 27.3. The Kier molecular flexibility index (Phi) is 7.61. The molecule has 2 aromatic heterocycles. The molecule has 33 heavy (non-hydrogen) atoms. The zero-order valence-electron chi connectivity index (χ0n) is 18.0. The molecule has 0 atom stereocenters. The average Bonchev–Trinajstić information content (AvgIpc) is 2.75. The number of nitrogens with zero attached hydrogens (tertiary/aromatic N) is 3. The first-order valence-corrected chi connectivity index (χ1v) is 12.2. The molecule has 0 aliphatic rings. The third-order valence-corrected chi connectivity index (χ3v) is 6.58. The first-order chi connectivity index (χ1) is 15.7. The van der Waals surface area contributed by atoms with Crippen molar-refractivity contribution in [3.63, 3.8) is 0 Å². The van der Waals surface area contributed by atoms with Crippen LogP contribution in [0.3, 0.4) is 0 Å². The number of hydrogen-bond acceptors (Lipinski definition) is 8. The quantitative estimate of drug-likeness (QED) is 0.237. The molecular weight excluding hydrogens is 464 g/mol. The van der Waals surface area contributed by atoms with E-state index in [1.807, 2.05) is 0 Å². The first-order valence-electron chi connectivity index (χ1n) is 9.74. The van der Waals surface area contributed by atoms with Gasteiger partial charge in [-0.05, 0) is 50.6 Å². The summed E-state index contributed by atoms with van der Waals surface area (Å²) in [6.45, 7) is 7.07. The van der Waals surface area contributed by atoms with Gasteiger partial charge in [0, 0.05) is 28.8 Å². The lowest BCUT2D eigenvalue weighted by Crippen LogP contribution is -2.18. The Morgan fingerprint density at radius 3 is 2.55 bits per heavy atom. The Morgan fingerprint density at radius 1 is 1.18 bits per heavy atom. The molecule has 0 saturated carbocycles. The molecule has 10 nitrogen and oxygen atoms in total. The van der Waals surface area contributed by atoms with Crippen LogP contribution >= 0.6 is 11.8 Å². The van der Waals surface area contributed by atoms with E-state index in [-0.39, 0.29) is 28.1 Å². The molecule has 0 unspecified atom stereocenters. The van der Waals surface area contributed by atoms with Crippen LogP contribution in [0.15, 0.2) is 64.0 Å². The molecule has 0 bridgehead atoms. The van der Waals surface area contributed by atoms with Crippen molar-refractivity contribution in [2.45, 2.75) is 30.3 Å². The molecule has 0 radical (unpaired) electrons. The molecule has 0 fully saturated rings. The number of anilines is 2. The van der Waals surface area contributed by atoms with E-state index in [0.29, 0.717) is 34.2 Å². The summed E-state index contributed by atoms with van der Waals surface area (Å²) in [4.78, 5) is 39.2. The van der Waals surface area contributed by atoms with Gasteiger partial charge in [0.15, 0.2) is 5.16 Å². The Morgan fingerprint density at radius 2 is 1.91 bits per heavy atom. The molecule has 12 heteroatoms. The number of nitrogens with one attached hydrogen (secondary N) is 3. The van der Waals surface area contributed by atoms with E-state index >= 15 is 0 Å². The highest BCUT2D eigenvalue weighted by atomic mass is 32.2. The Hall–Kier alpha value is -3.51. The average molecular weight is 487 g/mol. The van der Waals surface area contributed by atoms with Crippen LogP contribution in [0.1, 0.15) is 17.0 Å². The number of hydrogen-bond donors (Lipinski definition) is 3. The third-order valence-electron chi connectivity index (χ3n) is 4.36. The molecule has 0 saturated heterocycles. The van der Waals surface area contributed by atoms with Crippen molar-refractivity contribution in [2.24, 2.45) is 0 Å². The summed E-state index contributed by atoms with van der Waals surface area (Å²) in [7, 11) is -3.88. The van der Waals surface area contributed by atoms with Crippen molar-refractivity contribution in [1.82, 2.24) is 19.9 Å². The number of amides is 1. The summed E-state index contributed by atoms with van der Waals surface area (Å²) in [6.07, 6.45) is 3.50. The van der Waals surface area contributed by atoms with E-state index in [9.17, 15) is 18.0 Å². The number of thioether (sulfide) groups is 1. The second-order valence-electron chi connectivity index (χ2n) is 6.92. The van der Waals surface area contributed by atoms with Gasteiger partial charge >= 0.3 is 0 Å². The van der Waals surface area contributed by atoms with Crippen molar-refractivity contribution in [3.05, 3.63) is 76.5 Å². The van der Waals surface area contributed by atoms with Gasteiger partial charge in [0.25, 0.3) is 15.6 Å². The van der Waals surface area contributed by atoms with Crippen LogP contribution in [0.4, 0.5) is 11.6 Å². The Labute approximate surface area is 195 Å². The van der Waals surface area contributed by atoms with E-state index < -0.39 is 10.0 Å². The van der Waals surface area contributed by atoms with Gasteiger partial charge in [-0.3, -0.25) is 9.59 Å². The zero-order chi connectivity index (χ0) is 24.0. The number of aryl methyl sites for hydroxylation is 2. The molecule has 3 N–H and O–H groups in total. The van der Waals surface area contributed by atoms with Gasteiger partial charge in [-0.25, -0.2) is 28.1 Å². The highest BCUT2D eigenvalue weighted by molar-refractivity contribution is 7.99. The summed E-state index contributed by atoms with van der Waals surface area (Å²) in [5.74, 6) is -0.351. The fourth-order valence-electron chi connectivity index (χ4n) is 2.76. The number of carbonyl (C=O) groups is 1. The molecule has 3 aromatic rings. The van der Waals surface area contributed by atoms with Crippen molar-refractivity contribution < 1.29 is 13.2 Å². The van der Waals surface area contributed by atoms with Gasteiger partial charge < -0.3 is 10.3 Å². The number of benzene rings is 1. The summed E-state index contributed by atoms with van der Waals surface area (Å²) in [5.41, 5.74) is 1.91. The van der Waals surface area contributed by atoms with Gasteiger partial charge in [-0.1, -0.05) is 17.8 Å². The minimum absolute atomic E-state index is 0.00292. The second kappa shape index (κ2) is 10.4. The highest BCUT2D eigenvalue weighted by Gasteiger charge is 2.16. The van der Waals surface area contributed by atoms with Crippen molar-refractivity contribution in [2.75, 3.05) is 15.8 Å². The molecule has 0 aliphatic carbocycles. The van der Waals surface area contributed by atoms with Crippen molar-refractivity contribution in [3.8, 4) is 0 Å². The summed E-state index contributed by atoms with van der Waals surface area (Å²) in [6, 6.07) is 7.33. The fourth-order valence-corrected chi connectivity index (χ4v) is 4.42. The van der Waals surface area contributed by atoms with E-state index in [1.165, 1.54) is 30.5 Å². The fraction of sp³-hybridized carbons (Fsp3) is 0.190. The lowest BCUT2D eigenvalue weighted by atomic mass is 10.2. The van der Waals surface area contributed by atoms with Gasteiger partial charge in [0.1, 0.15) is 0 Å². The predicted molar refractivity (Wildman–Crippen MR) is 127 cm³/mol. The number of H-pyrrole nitrogens is 1. The SMILES string of the molecule is C=CCc1c(C)nc(SCC(=O)Nc2ccc(S(=O)(=O)Nc3nccc(C)n3)cc2)[nH]c1=O. The van der Waals surface area contributed by atoms with Crippen LogP contribution in [0.2, 0.25) is 0 Å². The number of aromatic amines is 1. The molecular formula is C21H22N6O4S2. The number of sulfonamides is 1. The summed E-state index contributed by atoms with van der Waals surface area (Å²) >= 11 is 1.09. The third kappa shape index (κ3) is 6.49. The van der Waals surface area contributed by atoms with Crippen LogP contribution in [0.25, 0.3) is 0 Å². The number of aromatic nitrogens is 4. The largest absolute Gasteiger partial charge is 0.325 e. The maximum absolute atomic E-state index is 12.5. The van der Waals surface area contributed by atoms with Crippen LogP contribution < -0.4 is 15.6 Å². The van der Waals surface area contributed by atoms with E-state index in [0.717, 1.165) is 11.8 Å². The van der Waals surface area contributed by atoms with Gasteiger partial charge in [0.2, 0.25) is 11.9 Å². The molecule has 172 valence electrons. The molecule has 2 heterocycles. The highest BCUT2D eigenvalue weighted by Crippen LogP contribution is 2.18. The van der Waals surface area contributed by atoms with E-state index in [4.69, 9.17) is 0 Å². The molecule has 1 aromatic carbocycles. The number of rotatable bonds is 9. The molecule has 3 rings (SSSR count). The second-order valence-corrected chi connectivity index (χ2v) is 9.56. The number of carbonyl (C=O) groups excluding carboxylic acids is 1. The minimum Gasteiger partial charge on any atom is -0.325 e. The van der Waals surface area contributed by atoms with E-state index in [1.54, 1.807) is 26.0 Å². The minimum atomic E-state index is -3.88. The lowest BCUT2D eigenvalue weighted by Gasteiger charge is -2.09. The predicted octanol–water partition coefficient (Wildman–Crippen LogP) is 2.44. The summed E-state index contributed by atoms with van der Waals surface area (Å²) in [5, 5.41) is 3.02. The van der Waals surface area contributed by atoms with Crippen LogP contribution in [-0.2, 0) is 21.2 Å². The Bertz CT molecular complexity index is 1340. The molecule has 0 aliphatic heterocycles. The maximum Gasteiger partial charge on any atom is 0.264 e. The van der Waals surface area contributed by atoms with Crippen molar-refractivity contribution >= 4 is 39.3 Å². The standard InChI is InChI=1S/C21H22N6O4S2/c1-4-5-17-14(3)24-21(26-19(17)29)32-12-18(28)25-15-6-8-16(9-7-15)33(30,31)27-20-22-11-10-13(2)23-20/h4,6-11H,1,5,12H2,2-3H3,(H,25,28)(H,22,23,27)(H,24,26,29). The van der Waals surface area contributed by atoms with Crippen LogP contribution in [0.5, 0.6) is 0 Å². The Balaban J connectivity index is 1.60.